The van der Waals surface area contributed by atoms with Crippen molar-refractivity contribution in [2.45, 2.75) is 31.7 Å². The number of alkyl halides is 3. The van der Waals surface area contributed by atoms with Crippen LogP contribution < -0.4 is 10.1 Å². The van der Waals surface area contributed by atoms with Crippen LogP contribution in [0.3, 0.4) is 0 Å². The van der Waals surface area contributed by atoms with Crippen LogP contribution in [0, 0.1) is 0 Å². The maximum atomic E-state index is 12.1. The Balaban J connectivity index is 2.48. The molecule has 0 spiro atoms. The van der Waals surface area contributed by atoms with E-state index < -0.39 is 24.7 Å². The molecule has 1 aromatic carbocycles. The largest absolute Gasteiger partial charge is 0.497 e. The maximum Gasteiger partial charge on any atom is 0.390 e. The van der Waals surface area contributed by atoms with E-state index in [1.165, 1.54) is 14.0 Å². The van der Waals surface area contributed by atoms with Crippen LogP contribution in [0.5, 0.6) is 5.75 Å². The van der Waals surface area contributed by atoms with Crippen LogP contribution >= 0.6 is 0 Å². The van der Waals surface area contributed by atoms with Crippen molar-refractivity contribution in [1.82, 2.24) is 5.32 Å². The summed E-state index contributed by atoms with van der Waals surface area (Å²) in [5.41, 5.74) is 0.603. The number of ether oxygens (including phenoxy) is 1. The van der Waals surface area contributed by atoms with Crippen molar-refractivity contribution < 1.29 is 23.0 Å². The van der Waals surface area contributed by atoms with Gasteiger partial charge in [-0.2, -0.15) is 13.2 Å². The van der Waals surface area contributed by atoms with Gasteiger partial charge in [0.25, 0.3) is 0 Å². The van der Waals surface area contributed by atoms with Crippen molar-refractivity contribution in [3.63, 3.8) is 0 Å². The number of rotatable bonds is 6. The zero-order chi connectivity index (χ0) is 14.5. The van der Waals surface area contributed by atoms with Crippen LogP contribution in [0.4, 0.5) is 13.2 Å². The molecule has 1 rings (SSSR count). The van der Waals surface area contributed by atoms with E-state index in [4.69, 9.17) is 4.74 Å². The van der Waals surface area contributed by atoms with Gasteiger partial charge >= 0.3 is 6.18 Å². The standard InChI is InChI=1S/C13H18F3NO2/c1-9(7-13(14,15)16)17-8-12(18)10-4-3-5-11(6-10)19-2/h3-6,9,12,17-18H,7-8H2,1-2H3. The van der Waals surface area contributed by atoms with Gasteiger partial charge in [0, 0.05) is 12.6 Å². The fourth-order valence-electron chi connectivity index (χ4n) is 1.70. The predicted molar refractivity (Wildman–Crippen MR) is 66.1 cm³/mol. The number of benzene rings is 1. The molecule has 0 saturated carbocycles. The lowest BCUT2D eigenvalue weighted by Gasteiger charge is -2.18. The van der Waals surface area contributed by atoms with Gasteiger partial charge in [0.2, 0.25) is 0 Å². The highest BCUT2D eigenvalue weighted by Gasteiger charge is 2.29. The van der Waals surface area contributed by atoms with E-state index in [1.807, 2.05) is 0 Å². The van der Waals surface area contributed by atoms with Crippen LogP contribution in [-0.4, -0.2) is 31.0 Å². The van der Waals surface area contributed by atoms with Gasteiger partial charge in [-0.05, 0) is 24.6 Å². The molecule has 19 heavy (non-hydrogen) atoms. The first-order chi connectivity index (χ1) is 8.81. The van der Waals surface area contributed by atoms with E-state index in [1.54, 1.807) is 24.3 Å². The molecule has 0 amide bonds. The van der Waals surface area contributed by atoms with Crippen molar-refractivity contribution in [1.29, 1.82) is 0 Å². The number of methoxy groups -OCH3 is 1. The molecule has 2 atom stereocenters. The molecule has 0 aromatic heterocycles. The van der Waals surface area contributed by atoms with Crippen LogP contribution in [0.2, 0.25) is 0 Å². The number of hydrogen-bond donors (Lipinski definition) is 2. The Morgan fingerprint density at radius 3 is 2.63 bits per heavy atom. The smallest absolute Gasteiger partial charge is 0.390 e. The minimum atomic E-state index is -4.20. The van der Waals surface area contributed by atoms with Crippen LogP contribution in [0.15, 0.2) is 24.3 Å². The van der Waals surface area contributed by atoms with Gasteiger partial charge in [0.1, 0.15) is 5.75 Å². The lowest BCUT2D eigenvalue weighted by atomic mass is 10.1. The molecule has 0 fully saturated rings. The maximum absolute atomic E-state index is 12.1. The number of aliphatic hydroxyl groups is 1. The lowest BCUT2D eigenvalue weighted by molar-refractivity contribution is -0.139. The molecule has 0 bridgehead atoms. The molecular formula is C13H18F3NO2. The van der Waals surface area contributed by atoms with E-state index in [2.05, 4.69) is 5.32 Å². The van der Waals surface area contributed by atoms with Crippen molar-refractivity contribution in [2.24, 2.45) is 0 Å². The summed E-state index contributed by atoms with van der Waals surface area (Å²) < 4.78 is 41.4. The molecular weight excluding hydrogens is 259 g/mol. The Bertz CT molecular complexity index is 396. The van der Waals surface area contributed by atoms with Gasteiger partial charge < -0.3 is 15.2 Å². The molecule has 1 aromatic rings. The second kappa shape index (κ2) is 6.77. The van der Waals surface area contributed by atoms with Gasteiger partial charge in [-0.15, -0.1) is 0 Å². The molecule has 0 heterocycles. The first-order valence-corrected chi connectivity index (χ1v) is 5.94. The third kappa shape index (κ3) is 5.94. The van der Waals surface area contributed by atoms with E-state index in [9.17, 15) is 18.3 Å². The highest BCUT2D eigenvalue weighted by Crippen LogP contribution is 2.22. The minimum absolute atomic E-state index is 0.0599. The van der Waals surface area contributed by atoms with Gasteiger partial charge in [0.05, 0.1) is 19.6 Å². The summed E-state index contributed by atoms with van der Waals surface area (Å²) in [5, 5.41) is 12.6. The van der Waals surface area contributed by atoms with Crippen molar-refractivity contribution in [2.75, 3.05) is 13.7 Å². The number of halogens is 3. The van der Waals surface area contributed by atoms with Gasteiger partial charge in [-0.3, -0.25) is 0 Å². The molecule has 0 saturated heterocycles. The Morgan fingerprint density at radius 1 is 1.37 bits per heavy atom. The molecule has 0 aliphatic rings. The molecule has 0 aliphatic heterocycles. The Hall–Kier alpha value is -1.27. The fraction of sp³-hybridized carbons (Fsp3) is 0.538. The van der Waals surface area contributed by atoms with Crippen molar-refractivity contribution in [3.8, 4) is 5.75 Å². The van der Waals surface area contributed by atoms with Crippen LogP contribution in [-0.2, 0) is 0 Å². The zero-order valence-electron chi connectivity index (χ0n) is 10.9. The second-order valence-electron chi connectivity index (χ2n) is 4.42. The third-order valence-electron chi connectivity index (χ3n) is 2.68. The Kier molecular flexibility index (Phi) is 5.62. The average Bonchev–Trinajstić information content (AvgIpc) is 2.34. The third-order valence-corrected chi connectivity index (χ3v) is 2.68. The van der Waals surface area contributed by atoms with Gasteiger partial charge in [-0.1, -0.05) is 12.1 Å². The van der Waals surface area contributed by atoms with Crippen LogP contribution in [0.25, 0.3) is 0 Å². The first kappa shape index (κ1) is 15.8. The van der Waals surface area contributed by atoms with E-state index in [0.29, 0.717) is 11.3 Å². The SMILES string of the molecule is COc1cccc(C(O)CNC(C)CC(F)(F)F)c1. The molecule has 108 valence electrons. The van der Waals surface area contributed by atoms with E-state index in [0.717, 1.165) is 0 Å². The topological polar surface area (TPSA) is 41.5 Å². The highest BCUT2D eigenvalue weighted by atomic mass is 19.4. The fourth-order valence-corrected chi connectivity index (χ4v) is 1.70. The molecule has 0 radical (unpaired) electrons. The molecule has 3 nitrogen and oxygen atoms in total. The molecule has 2 unspecified atom stereocenters. The molecule has 0 aliphatic carbocycles. The summed E-state index contributed by atoms with van der Waals surface area (Å²) in [6.07, 6.45) is -5.99. The van der Waals surface area contributed by atoms with E-state index >= 15 is 0 Å². The number of hydrogen-bond acceptors (Lipinski definition) is 3. The summed E-state index contributed by atoms with van der Waals surface area (Å²) in [5.74, 6) is 0.597. The van der Waals surface area contributed by atoms with Crippen LogP contribution in [0.1, 0.15) is 25.0 Å². The molecule has 2 N–H and O–H groups in total. The monoisotopic (exact) mass is 277 g/mol. The average molecular weight is 277 g/mol. The number of aliphatic hydroxyl groups excluding tert-OH is 1. The zero-order valence-corrected chi connectivity index (χ0v) is 10.9. The Labute approximate surface area is 110 Å². The first-order valence-electron chi connectivity index (χ1n) is 5.94. The second-order valence-corrected chi connectivity index (χ2v) is 4.42. The normalized spacial score (nSPS) is 15.1. The van der Waals surface area contributed by atoms with Gasteiger partial charge in [0.15, 0.2) is 0 Å². The van der Waals surface area contributed by atoms with Crippen molar-refractivity contribution >= 4 is 0 Å². The highest BCUT2D eigenvalue weighted by molar-refractivity contribution is 5.29. The Morgan fingerprint density at radius 2 is 2.05 bits per heavy atom. The predicted octanol–water partition coefficient (Wildman–Crippen LogP) is 2.66. The van der Waals surface area contributed by atoms with Crippen molar-refractivity contribution in [3.05, 3.63) is 29.8 Å². The lowest BCUT2D eigenvalue weighted by Crippen LogP contribution is -2.34. The minimum Gasteiger partial charge on any atom is -0.497 e. The summed E-state index contributed by atoms with van der Waals surface area (Å²) in [6.45, 7) is 1.50. The summed E-state index contributed by atoms with van der Waals surface area (Å²) in [7, 11) is 1.51. The summed E-state index contributed by atoms with van der Waals surface area (Å²) in [4.78, 5) is 0. The number of nitrogens with one attached hydrogen (secondary N) is 1. The quantitative estimate of drug-likeness (QED) is 0.840. The summed E-state index contributed by atoms with van der Waals surface area (Å²) >= 11 is 0. The summed E-state index contributed by atoms with van der Waals surface area (Å²) in [6, 6.07) is 6.07. The van der Waals surface area contributed by atoms with E-state index in [-0.39, 0.29) is 6.54 Å². The molecule has 6 heteroatoms. The van der Waals surface area contributed by atoms with Gasteiger partial charge in [-0.25, -0.2) is 0 Å².